The van der Waals surface area contributed by atoms with E-state index in [1.54, 1.807) is 0 Å². The van der Waals surface area contributed by atoms with E-state index in [2.05, 4.69) is 95.3 Å². The van der Waals surface area contributed by atoms with Crippen LogP contribution in [0.4, 0.5) is 22.7 Å². The molecule has 0 spiro atoms. The molecule has 6 nitrogen and oxygen atoms in total. The van der Waals surface area contributed by atoms with Gasteiger partial charge in [-0.15, -0.1) is 0 Å². The van der Waals surface area contributed by atoms with Gasteiger partial charge in [0.2, 0.25) is 0 Å². The van der Waals surface area contributed by atoms with Crippen LogP contribution < -0.4 is 19.4 Å². The van der Waals surface area contributed by atoms with Gasteiger partial charge < -0.3 is 24.2 Å². The molecule has 0 radical (unpaired) electrons. The van der Waals surface area contributed by atoms with E-state index in [9.17, 15) is 0 Å². The Morgan fingerprint density at radius 2 is 1.18 bits per heavy atom. The molecule has 1 heterocycles. The summed E-state index contributed by atoms with van der Waals surface area (Å²) >= 11 is 0. The summed E-state index contributed by atoms with van der Waals surface area (Å²) in [5.74, 6) is 0.735. The molecule has 0 bridgehead atoms. The SMILES string of the molecule is CCN(CC)c1ccc2c(c1)OC(=Nc1ccccc1)OC2(c1ccc(N(C)C)cc1)c1ccc(N(C)C)cc1. The van der Waals surface area contributed by atoms with Gasteiger partial charge in [-0.1, -0.05) is 42.5 Å². The first-order valence-electron chi connectivity index (χ1n) is 13.8. The summed E-state index contributed by atoms with van der Waals surface area (Å²) in [7, 11) is 8.18. The highest BCUT2D eigenvalue weighted by molar-refractivity contribution is 5.80. The molecule has 0 saturated carbocycles. The zero-order chi connectivity index (χ0) is 28.3. The molecule has 4 aromatic rings. The minimum Gasteiger partial charge on any atom is -0.429 e. The fraction of sp³-hybridized carbons (Fsp3) is 0.265. The largest absolute Gasteiger partial charge is 0.429 e. The molecule has 40 heavy (non-hydrogen) atoms. The smallest absolute Gasteiger partial charge is 0.396 e. The third kappa shape index (κ3) is 5.09. The minimum atomic E-state index is -0.974. The van der Waals surface area contributed by atoms with E-state index in [1.165, 1.54) is 0 Å². The van der Waals surface area contributed by atoms with Crippen molar-refractivity contribution in [3.05, 3.63) is 114 Å². The number of benzene rings is 4. The maximum absolute atomic E-state index is 6.92. The molecule has 5 rings (SSSR count). The van der Waals surface area contributed by atoms with E-state index in [1.807, 2.05) is 58.5 Å². The Kier molecular flexibility index (Phi) is 7.69. The molecule has 0 saturated heterocycles. The average molecular weight is 535 g/mol. The first-order valence-corrected chi connectivity index (χ1v) is 13.8. The Morgan fingerprint density at radius 1 is 0.650 bits per heavy atom. The molecule has 0 atom stereocenters. The Bertz CT molecular complexity index is 1410. The standard InChI is InChI=1S/C34H38N4O2/c1-7-38(8-2)30-22-23-31-32(24-30)39-33(35-27-12-10-9-11-13-27)40-34(31,25-14-18-28(19-15-25)36(3)4)26-16-20-29(21-17-26)37(5)6/h9-24H,7-8H2,1-6H3. The van der Waals surface area contributed by atoms with Gasteiger partial charge in [0.05, 0.1) is 5.69 Å². The molecule has 1 aliphatic rings. The number of aliphatic imine (C=N–C) groups is 1. The van der Waals surface area contributed by atoms with Crippen LogP contribution >= 0.6 is 0 Å². The van der Waals surface area contributed by atoms with Gasteiger partial charge in [0, 0.05) is 81.1 Å². The molecule has 206 valence electrons. The molecule has 0 aromatic heterocycles. The minimum absolute atomic E-state index is 0.212. The van der Waals surface area contributed by atoms with Crippen molar-refractivity contribution < 1.29 is 9.47 Å². The topological polar surface area (TPSA) is 40.5 Å². The highest BCUT2D eigenvalue weighted by Gasteiger charge is 2.46. The molecule has 6 heteroatoms. The van der Waals surface area contributed by atoms with Crippen molar-refractivity contribution in [1.29, 1.82) is 0 Å². The number of ether oxygens (including phenoxy) is 2. The highest BCUT2D eigenvalue weighted by Crippen LogP contribution is 2.49. The molecule has 4 aromatic carbocycles. The predicted molar refractivity (Wildman–Crippen MR) is 167 cm³/mol. The lowest BCUT2D eigenvalue weighted by atomic mass is 9.79. The van der Waals surface area contributed by atoms with Crippen molar-refractivity contribution in [3.63, 3.8) is 0 Å². The van der Waals surface area contributed by atoms with E-state index < -0.39 is 5.60 Å². The van der Waals surface area contributed by atoms with Crippen LogP contribution in [0.1, 0.15) is 30.5 Å². The lowest BCUT2D eigenvalue weighted by Crippen LogP contribution is -2.41. The number of fused-ring (bicyclic) bond motifs is 1. The van der Waals surface area contributed by atoms with Crippen LogP contribution in [0.2, 0.25) is 0 Å². The first-order chi connectivity index (χ1) is 19.3. The van der Waals surface area contributed by atoms with E-state index in [4.69, 9.17) is 14.5 Å². The Labute approximate surface area is 238 Å². The number of hydrogen-bond donors (Lipinski definition) is 0. The summed E-state index contributed by atoms with van der Waals surface area (Å²) in [6, 6.07) is 33.3. The van der Waals surface area contributed by atoms with Crippen LogP contribution in [0.3, 0.4) is 0 Å². The Hall–Kier alpha value is -4.45. The van der Waals surface area contributed by atoms with Crippen LogP contribution in [0, 0.1) is 0 Å². The zero-order valence-corrected chi connectivity index (χ0v) is 24.3. The van der Waals surface area contributed by atoms with Gasteiger partial charge in [-0.3, -0.25) is 0 Å². The van der Waals surface area contributed by atoms with E-state index in [0.717, 1.165) is 58.3 Å². The van der Waals surface area contributed by atoms with Crippen molar-refractivity contribution >= 4 is 28.8 Å². The fourth-order valence-corrected chi connectivity index (χ4v) is 5.21. The Balaban J connectivity index is 1.78. The van der Waals surface area contributed by atoms with Crippen LogP contribution in [0.15, 0.2) is 102 Å². The van der Waals surface area contributed by atoms with Crippen molar-refractivity contribution in [3.8, 4) is 5.75 Å². The van der Waals surface area contributed by atoms with Crippen molar-refractivity contribution in [2.75, 3.05) is 56.0 Å². The van der Waals surface area contributed by atoms with Crippen LogP contribution in [0.5, 0.6) is 5.75 Å². The van der Waals surface area contributed by atoms with Gasteiger partial charge in [0.15, 0.2) is 5.60 Å². The molecule has 0 aliphatic carbocycles. The quantitative estimate of drug-likeness (QED) is 0.242. The summed E-state index contributed by atoms with van der Waals surface area (Å²) in [6.07, 6.45) is 0.212. The summed E-state index contributed by atoms with van der Waals surface area (Å²) < 4.78 is 13.3. The Morgan fingerprint density at radius 3 is 1.68 bits per heavy atom. The highest BCUT2D eigenvalue weighted by atomic mass is 16.7. The monoisotopic (exact) mass is 534 g/mol. The number of para-hydroxylation sites is 1. The molecule has 0 N–H and O–H groups in total. The molecular formula is C34H38N4O2. The number of nitrogens with zero attached hydrogens (tertiary/aromatic N) is 4. The second kappa shape index (κ2) is 11.3. The van der Waals surface area contributed by atoms with Gasteiger partial charge >= 0.3 is 6.08 Å². The predicted octanol–water partition coefficient (Wildman–Crippen LogP) is 7.05. The molecular weight excluding hydrogens is 496 g/mol. The van der Waals surface area contributed by atoms with E-state index in [-0.39, 0.29) is 6.08 Å². The van der Waals surface area contributed by atoms with Gasteiger partial charge in [0.1, 0.15) is 5.75 Å². The summed E-state index contributed by atoms with van der Waals surface area (Å²) in [6.45, 7) is 6.13. The maximum atomic E-state index is 6.92. The third-order valence-electron chi connectivity index (χ3n) is 7.47. The second-order valence-corrected chi connectivity index (χ2v) is 10.3. The maximum Gasteiger partial charge on any atom is 0.396 e. The van der Waals surface area contributed by atoms with Gasteiger partial charge in [-0.2, -0.15) is 4.99 Å². The second-order valence-electron chi connectivity index (χ2n) is 10.3. The van der Waals surface area contributed by atoms with Crippen molar-refractivity contribution in [2.24, 2.45) is 4.99 Å². The zero-order valence-electron chi connectivity index (χ0n) is 24.3. The normalized spacial score (nSPS) is 14.6. The van der Waals surface area contributed by atoms with Gasteiger partial charge in [-0.25, -0.2) is 0 Å². The number of hydrogen-bond acceptors (Lipinski definition) is 6. The number of anilines is 3. The summed E-state index contributed by atoms with van der Waals surface area (Å²) in [4.78, 5) is 11.3. The molecule has 0 fully saturated rings. The van der Waals surface area contributed by atoms with Crippen molar-refractivity contribution in [2.45, 2.75) is 19.4 Å². The van der Waals surface area contributed by atoms with E-state index >= 15 is 0 Å². The summed E-state index contributed by atoms with van der Waals surface area (Å²) in [5.41, 5.74) is 6.05. The van der Waals surface area contributed by atoms with Crippen molar-refractivity contribution in [1.82, 2.24) is 0 Å². The first kappa shape index (κ1) is 27.1. The lowest BCUT2D eigenvalue weighted by Gasteiger charge is -2.40. The molecule has 0 amide bonds. The van der Waals surface area contributed by atoms with Crippen LogP contribution in [-0.4, -0.2) is 47.4 Å². The molecule has 0 unspecified atom stereocenters. The lowest BCUT2D eigenvalue weighted by molar-refractivity contribution is 0.0831. The average Bonchev–Trinajstić information content (AvgIpc) is 2.98. The van der Waals surface area contributed by atoms with Crippen LogP contribution in [-0.2, 0) is 10.3 Å². The van der Waals surface area contributed by atoms with E-state index in [0.29, 0.717) is 0 Å². The third-order valence-corrected chi connectivity index (χ3v) is 7.47. The van der Waals surface area contributed by atoms with Gasteiger partial charge in [-0.05, 0) is 62.4 Å². The summed E-state index contributed by atoms with van der Waals surface area (Å²) in [5, 5.41) is 0. The van der Waals surface area contributed by atoms with Crippen LogP contribution in [0.25, 0.3) is 0 Å². The fourth-order valence-electron chi connectivity index (χ4n) is 5.21. The van der Waals surface area contributed by atoms with Gasteiger partial charge in [0.25, 0.3) is 0 Å². The molecule has 1 aliphatic heterocycles. The number of rotatable bonds is 8.